The third-order valence-corrected chi connectivity index (χ3v) is 4.17. The maximum Gasteiger partial charge on any atom is 0.339 e. The number of amides is 1. The van der Waals surface area contributed by atoms with Gasteiger partial charge in [-0.1, -0.05) is 24.3 Å². The Bertz CT molecular complexity index is 815. The zero-order valence-corrected chi connectivity index (χ0v) is 13.9. The van der Waals surface area contributed by atoms with Crippen molar-refractivity contribution < 1.29 is 19.1 Å². The topological polar surface area (TPSA) is 64.6 Å². The maximum absolute atomic E-state index is 12.8. The Morgan fingerprint density at radius 3 is 2.75 bits per heavy atom. The summed E-state index contributed by atoms with van der Waals surface area (Å²) in [5.41, 5.74) is 1.60. The zero-order valence-electron chi connectivity index (χ0n) is 13.9. The number of ether oxygens (including phenoxy) is 2. The summed E-state index contributed by atoms with van der Waals surface area (Å²) in [7, 11) is 1.54. The van der Waals surface area contributed by atoms with Crippen LogP contribution in [-0.4, -0.2) is 24.6 Å². The number of carbonyl (C=O) groups is 2. The van der Waals surface area contributed by atoms with Crippen LogP contribution in [-0.2, 0) is 16.0 Å². The molecule has 1 heterocycles. The number of hydrogen-bond acceptors (Lipinski definition) is 4. The summed E-state index contributed by atoms with van der Waals surface area (Å²) in [4.78, 5) is 25.0. The standard InChI is InChI=1S/C19H19NO4/c1-12-8-9-16(23-3)15(10-12)20-18(22)19(2)11-13-6-4-5-7-14(13)17(21)24-19/h4-10H,11H2,1-3H3,(H,20,22)/t19-/m1/s1. The molecule has 0 unspecified atom stereocenters. The zero-order chi connectivity index (χ0) is 17.3. The Hall–Kier alpha value is -2.82. The van der Waals surface area contributed by atoms with Gasteiger partial charge in [-0.2, -0.15) is 0 Å². The van der Waals surface area contributed by atoms with Gasteiger partial charge in [-0.05, 0) is 43.2 Å². The van der Waals surface area contributed by atoms with Gasteiger partial charge in [-0.25, -0.2) is 4.79 Å². The molecule has 24 heavy (non-hydrogen) atoms. The van der Waals surface area contributed by atoms with Gasteiger partial charge in [0.1, 0.15) is 5.75 Å². The lowest BCUT2D eigenvalue weighted by molar-refractivity contribution is -0.134. The van der Waals surface area contributed by atoms with Crippen molar-refractivity contribution in [3.8, 4) is 5.75 Å². The van der Waals surface area contributed by atoms with Crippen LogP contribution in [0.5, 0.6) is 5.75 Å². The van der Waals surface area contributed by atoms with E-state index in [1.165, 1.54) is 0 Å². The van der Waals surface area contributed by atoms with Gasteiger partial charge >= 0.3 is 5.97 Å². The molecule has 1 atom stereocenters. The fraction of sp³-hybridized carbons (Fsp3) is 0.263. The van der Waals surface area contributed by atoms with E-state index in [9.17, 15) is 9.59 Å². The number of carbonyl (C=O) groups excluding carboxylic acids is 2. The Kier molecular flexibility index (Phi) is 4.01. The molecule has 1 aliphatic rings. The van der Waals surface area contributed by atoms with Gasteiger partial charge in [0.15, 0.2) is 5.60 Å². The molecule has 1 aliphatic heterocycles. The average Bonchev–Trinajstić information content (AvgIpc) is 2.55. The number of nitrogens with one attached hydrogen (secondary N) is 1. The second-order valence-electron chi connectivity index (χ2n) is 6.11. The fourth-order valence-electron chi connectivity index (χ4n) is 2.83. The number of methoxy groups -OCH3 is 1. The molecule has 0 radical (unpaired) electrons. The van der Waals surface area contributed by atoms with Crippen LogP contribution < -0.4 is 10.1 Å². The van der Waals surface area contributed by atoms with Crippen LogP contribution in [0.2, 0.25) is 0 Å². The minimum atomic E-state index is -1.26. The Labute approximate surface area is 140 Å². The number of cyclic esters (lactones) is 1. The van der Waals surface area contributed by atoms with Crippen molar-refractivity contribution in [1.29, 1.82) is 0 Å². The molecule has 1 N–H and O–H groups in total. The third kappa shape index (κ3) is 2.85. The first kappa shape index (κ1) is 16.1. The van der Waals surface area contributed by atoms with Crippen molar-refractivity contribution in [2.45, 2.75) is 25.9 Å². The monoisotopic (exact) mass is 325 g/mol. The normalized spacial score (nSPS) is 19.2. The van der Waals surface area contributed by atoms with E-state index in [2.05, 4.69) is 5.32 Å². The highest BCUT2D eigenvalue weighted by atomic mass is 16.6. The summed E-state index contributed by atoms with van der Waals surface area (Å²) < 4.78 is 10.7. The minimum Gasteiger partial charge on any atom is -0.495 e. The van der Waals surface area contributed by atoms with E-state index in [0.29, 0.717) is 23.4 Å². The Morgan fingerprint density at radius 2 is 2.00 bits per heavy atom. The van der Waals surface area contributed by atoms with Crippen LogP contribution in [0, 0.1) is 6.92 Å². The Balaban J connectivity index is 1.88. The molecule has 5 nitrogen and oxygen atoms in total. The van der Waals surface area contributed by atoms with E-state index < -0.39 is 11.6 Å². The number of hydrogen-bond donors (Lipinski definition) is 1. The predicted molar refractivity (Wildman–Crippen MR) is 90.3 cm³/mol. The summed E-state index contributed by atoms with van der Waals surface area (Å²) in [6, 6.07) is 12.7. The van der Waals surface area contributed by atoms with E-state index in [-0.39, 0.29) is 5.91 Å². The molecule has 0 aliphatic carbocycles. The lowest BCUT2D eigenvalue weighted by atomic mass is 9.89. The lowest BCUT2D eigenvalue weighted by Crippen LogP contribution is -2.48. The predicted octanol–water partition coefficient (Wildman–Crippen LogP) is 3.11. The van der Waals surface area contributed by atoms with Crippen LogP contribution in [0.1, 0.15) is 28.4 Å². The van der Waals surface area contributed by atoms with Gasteiger partial charge in [0.2, 0.25) is 0 Å². The van der Waals surface area contributed by atoms with Crippen molar-refractivity contribution in [3.05, 3.63) is 59.2 Å². The largest absolute Gasteiger partial charge is 0.495 e. The average molecular weight is 325 g/mol. The second kappa shape index (κ2) is 6.00. The SMILES string of the molecule is COc1ccc(C)cc1NC(=O)[C@@]1(C)Cc2ccccc2C(=O)O1. The number of benzene rings is 2. The highest BCUT2D eigenvalue weighted by Gasteiger charge is 2.42. The van der Waals surface area contributed by atoms with E-state index in [0.717, 1.165) is 11.1 Å². The molecule has 0 aromatic heterocycles. The van der Waals surface area contributed by atoms with E-state index in [4.69, 9.17) is 9.47 Å². The third-order valence-electron chi connectivity index (χ3n) is 4.17. The summed E-state index contributed by atoms with van der Waals surface area (Å²) in [6.07, 6.45) is 0.328. The molecular formula is C19H19NO4. The lowest BCUT2D eigenvalue weighted by Gasteiger charge is -2.33. The fourth-order valence-corrected chi connectivity index (χ4v) is 2.83. The Morgan fingerprint density at radius 1 is 1.25 bits per heavy atom. The van der Waals surface area contributed by atoms with E-state index in [1.807, 2.05) is 31.2 Å². The summed E-state index contributed by atoms with van der Waals surface area (Å²) in [5, 5.41) is 2.82. The van der Waals surface area contributed by atoms with Gasteiger partial charge in [-0.15, -0.1) is 0 Å². The smallest absolute Gasteiger partial charge is 0.339 e. The van der Waals surface area contributed by atoms with Crippen molar-refractivity contribution in [2.75, 3.05) is 12.4 Å². The van der Waals surface area contributed by atoms with Gasteiger partial charge < -0.3 is 14.8 Å². The van der Waals surface area contributed by atoms with Crippen LogP contribution in [0.4, 0.5) is 5.69 Å². The molecule has 0 fully saturated rings. The quantitative estimate of drug-likeness (QED) is 0.881. The van der Waals surface area contributed by atoms with Gasteiger partial charge in [0.05, 0.1) is 18.4 Å². The molecule has 2 aromatic rings. The number of esters is 1. The van der Waals surface area contributed by atoms with Crippen molar-refractivity contribution in [2.24, 2.45) is 0 Å². The van der Waals surface area contributed by atoms with Crippen LogP contribution in [0.15, 0.2) is 42.5 Å². The molecule has 3 rings (SSSR count). The number of aryl methyl sites for hydroxylation is 1. The molecule has 2 aromatic carbocycles. The van der Waals surface area contributed by atoms with Crippen molar-refractivity contribution in [1.82, 2.24) is 0 Å². The van der Waals surface area contributed by atoms with Crippen LogP contribution >= 0.6 is 0 Å². The van der Waals surface area contributed by atoms with Crippen molar-refractivity contribution in [3.63, 3.8) is 0 Å². The number of fused-ring (bicyclic) bond motifs is 1. The van der Waals surface area contributed by atoms with E-state index >= 15 is 0 Å². The molecule has 5 heteroatoms. The summed E-state index contributed by atoms with van der Waals surface area (Å²) >= 11 is 0. The molecule has 0 bridgehead atoms. The molecule has 1 amide bonds. The molecule has 0 spiro atoms. The maximum atomic E-state index is 12.8. The number of rotatable bonds is 3. The van der Waals surface area contributed by atoms with Gasteiger partial charge in [-0.3, -0.25) is 4.79 Å². The second-order valence-corrected chi connectivity index (χ2v) is 6.11. The molecule has 0 saturated carbocycles. The first-order valence-electron chi connectivity index (χ1n) is 7.70. The van der Waals surface area contributed by atoms with Crippen LogP contribution in [0.25, 0.3) is 0 Å². The number of anilines is 1. The van der Waals surface area contributed by atoms with Gasteiger partial charge in [0, 0.05) is 6.42 Å². The highest BCUT2D eigenvalue weighted by molar-refractivity contribution is 6.03. The first-order chi connectivity index (χ1) is 11.4. The molecule has 124 valence electrons. The molecular weight excluding hydrogens is 306 g/mol. The highest BCUT2D eigenvalue weighted by Crippen LogP contribution is 2.31. The van der Waals surface area contributed by atoms with Crippen molar-refractivity contribution >= 4 is 17.6 Å². The summed E-state index contributed by atoms with van der Waals surface area (Å²) in [5.74, 6) is -0.306. The van der Waals surface area contributed by atoms with Gasteiger partial charge in [0.25, 0.3) is 5.91 Å². The van der Waals surface area contributed by atoms with Crippen LogP contribution in [0.3, 0.4) is 0 Å². The van der Waals surface area contributed by atoms with E-state index in [1.54, 1.807) is 32.2 Å². The minimum absolute atomic E-state index is 0.328. The molecule has 0 saturated heterocycles. The first-order valence-corrected chi connectivity index (χ1v) is 7.70. The summed E-state index contributed by atoms with van der Waals surface area (Å²) in [6.45, 7) is 3.55.